The van der Waals surface area contributed by atoms with Crippen LogP contribution in [0.15, 0.2) is 182 Å². The van der Waals surface area contributed by atoms with Crippen LogP contribution in [-0.4, -0.2) is 19.1 Å². The minimum atomic E-state index is 0.684. The Morgan fingerprint density at radius 1 is 0.360 bits per heavy atom. The molecular weight excluding hydrogens is 609 g/mol. The lowest BCUT2D eigenvalue weighted by Crippen LogP contribution is -2.03. The van der Waals surface area contributed by atoms with Crippen molar-refractivity contribution in [1.29, 1.82) is 0 Å². The zero-order chi connectivity index (χ0) is 33.0. The molecular formula is C46H30N4. The molecule has 4 nitrogen and oxygen atoms in total. The number of para-hydroxylation sites is 3. The van der Waals surface area contributed by atoms with Gasteiger partial charge in [0.15, 0.2) is 5.82 Å². The average molecular weight is 639 g/mol. The first-order valence-electron chi connectivity index (χ1n) is 16.9. The van der Waals surface area contributed by atoms with Gasteiger partial charge in [-0.1, -0.05) is 140 Å². The molecule has 0 aliphatic heterocycles. The average Bonchev–Trinajstić information content (AvgIpc) is 3.72. The van der Waals surface area contributed by atoms with E-state index in [-0.39, 0.29) is 0 Å². The van der Waals surface area contributed by atoms with E-state index in [4.69, 9.17) is 9.97 Å². The summed E-state index contributed by atoms with van der Waals surface area (Å²) in [5.74, 6) is 1.51. The molecule has 0 aliphatic rings. The maximum absolute atomic E-state index is 5.40. The molecule has 0 bridgehead atoms. The van der Waals surface area contributed by atoms with Gasteiger partial charge in [-0.05, 0) is 47.5 Å². The highest BCUT2D eigenvalue weighted by molar-refractivity contribution is 6.26. The quantitative estimate of drug-likeness (QED) is 0.188. The minimum absolute atomic E-state index is 0.684. The van der Waals surface area contributed by atoms with Gasteiger partial charge in [-0.25, -0.2) is 9.97 Å². The maximum atomic E-state index is 5.40. The summed E-state index contributed by atoms with van der Waals surface area (Å²) in [7, 11) is 0. The van der Waals surface area contributed by atoms with Crippen LogP contribution < -0.4 is 0 Å². The SMILES string of the molecule is c1ccc(-c2cccc(-c3nc(-c4ccccc4)cc(-n4c5ccccc5c5ccc6c(c7ccccc7n6-c6ccccc6)c54)n3)c2)cc1. The summed E-state index contributed by atoms with van der Waals surface area (Å²) in [6.07, 6.45) is 0. The second-order valence-electron chi connectivity index (χ2n) is 12.6. The van der Waals surface area contributed by atoms with Crippen LogP contribution in [0.3, 0.4) is 0 Å². The summed E-state index contributed by atoms with van der Waals surface area (Å²) in [5.41, 5.74) is 10.9. The van der Waals surface area contributed by atoms with Gasteiger partial charge >= 0.3 is 0 Å². The van der Waals surface area contributed by atoms with E-state index in [2.05, 4.69) is 179 Å². The molecule has 0 unspecified atom stereocenters. The molecule has 0 radical (unpaired) electrons. The summed E-state index contributed by atoms with van der Waals surface area (Å²) in [5, 5.41) is 4.78. The monoisotopic (exact) mass is 638 g/mol. The van der Waals surface area contributed by atoms with E-state index < -0.39 is 0 Å². The standard InChI is InChI=1S/C46H30N4/c1-4-15-31(16-5-1)33-19-14-20-34(29-33)46-47-39(32-17-6-2-7-18-32)30-43(48-46)50-40-25-12-10-23-36(40)37-27-28-42-44(45(37)50)38-24-11-13-26-41(38)49(42)35-21-8-3-9-22-35/h1-30H. The van der Waals surface area contributed by atoms with Crippen LogP contribution in [0.1, 0.15) is 0 Å². The van der Waals surface area contributed by atoms with Crippen LogP contribution in [0.2, 0.25) is 0 Å². The summed E-state index contributed by atoms with van der Waals surface area (Å²) in [6.45, 7) is 0. The number of aromatic nitrogens is 4. The van der Waals surface area contributed by atoms with E-state index in [1.807, 2.05) is 12.1 Å². The number of rotatable bonds is 5. The Kier molecular flexibility index (Phi) is 6.46. The van der Waals surface area contributed by atoms with Crippen LogP contribution in [0, 0.1) is 0 Å². The molecule has 3 aromatic heterocycles. The van der Waals surface area contributed by atoms with Gasteiger partial charge < -0.3 is 4.57 Å². The first kappa shape index (κ1) is 28.3. The molecule has 0 amide bonds. The minimum Gasteiger partial charge on any atom is -0.309 e. The normalized spacial score (nSPS) is 11.6. The van der Waals surface area contributed by atoms with Gasteiger partial charge in [-0.2, -0.15) is 0 Å². The van der Waals surface area contributed by atoms with Crippen molar-refractivity contribution >= 4 is 43.6 Å². The molecule has 10 aromatic rings. The Hall–Kier alpha value is -6.78. The molecule has 234 valence electrons. The molecule has 0 spiro atoms. The number of fused-ring (bicyclic) bond motifs is 7. The highest BCUT2D eigenvalue weighted by Gasteiger charge is 2.22. The number of hydrogen-bond donors (Lipinski definition) is 0. The van der Waals surface area contributed by atoms with Gasteiger partial charge in [0.25, 0.3) is 0 Å². The van der Waals surface area contributed by atoms with Crippen molar-refractivity contribution in [1.82, 2.24) is 19.1 Å². The lowest BCUT2D eigenvalue weighted by Gasteiger charge is -2.13. The molecule has 3 heterocycles. The lowest BCUT2D eigenvalue weighted by atomic mass is 10.0. The Bertz CT molecular complexity index is 2850. The Balaban J connectivity index is 1.32. The number of hydrogen-bond acceptors (Lipinski definition) is 2. The van der Waals surface area contributed by atoms with Gasteiger partial charge in [-0.3, -0.25) is 4.57 Å². The van der Waals surface area contributed by atoms with Crippen LogP contribution in [0.4, 0.5) is 0 Å². The van der Waals surface area contributed by atoms with Crippen LogP contribution >= 0.6 is 0 Å². The third-order valence-electron chi connectivity index (χ3n) is 9.72. The number of nitrogens with zero attached hydrogens (tertiary/aromatic N) is 4. The zero-order valence-corrected chi connectivity index (χ0v) is 27.1. The van der Waals surface area contributed by atoms with Crippen molar-refractivity contribution in [3.05, 3.63) is 182 Å². The smallest absolute Gasteiger partial charge is 0.162 e. The summed E-state index contributed by atoms with van der Waals surface area (Å²) >= 11 is 0. The lowest BCUT2D eigenvalue weighted by molar-refractivity contribution is 1.05. The van der Waals surface area contributed by atoms with Crippen molar-refractivity contribution in [2.24, 2.45) is 0 Å². The molecule has 0 aliphatic carbocycles. The van der Waals surface area contributed by atoms with E-state index in [0.717, 1.165) is 56.0 Å². The van der Waals surface area contributed by atoms with Crippen molar-refractivity contribution in [2.45, 2.75) is 0 Å². The van der Waals surface area contributed by atoms with Gasteiger partial charge in [0.05, 0.1) is 27.8 Å². The van der Waals surface area contributed by atoms with E-state index in [9.17, 15) is 0 Å². The molecule has 0 saturated heterocycles. The highest BCUT2D eigenvalue weighted by Crippen LogP contribution is 2.42. The topological polar surface area (TPSA) is 35.6 Å². The third-order valence-corrected chi connectivity index (χ3v) is 9.72. The zero-order valence-electron chi connectivity index (χ0n) is 27.1. The van der Waals surface area contributed by atoms with Crippen LogP contribution in [0.25, 0.3) is 88.9 Å². The molecule has 0 saturated carbocycles. The molecule has 0 atom stereocenters. The van der Waals surface area contributed by atoms with Gasteiger partial charge in [0.2, 0.25) is 0 Å². The molecule has 0 N–H and O–H groups in total. The van der Waals surface area contributed by atoms with E-state index in [1.54, 1.807) is 0 Å². The van der Waals surface area contributed by atoms with E-state index >= 15 is 0 Å². The van der Waals surface area contributed by atoms with Gasteiger partial charge in [-0.15, -0.1) is 0 Å². The predicted octanol–water partition coefficient (Wildman–Crippen LogP) is 11.7. The summed E-state index contributed by atoms with van der Waals surface area (Å²) in [6, 6.07) is 64.2. The summed E-state index contributed by atoms with van der Waals surface area (Å²) in [4.78, 5) is 10.6. The second kappa shape index (κ2) is 11.4. The van der Waals surface area contributed by atoms with Crippen molar-refractivity contribution in [3.63, 3.8) is 0 Å². The van der Waals surface area contributed by atoms with Gasteiger partial charge in [0, 0.05) is 44.4 Å². The fourth-order valence-electron chi connectivity index (χ4n) is 7.51. The Morgan fingerprint density at radius 3 is 1.72 bits per heavy atom. The molecule has 4 heteroatoms. The molecule has 0 fully saturated rings. The van der Waals surface area contributed by atoms with Crippen LogP contribution in [0.5, 0.6) is 0 Å². The first-order chi connectivity index (χ1) is 24.8. The van der Waals surface area contributed by atoms with E-state index in [1.165, 1.54) is 27.1 Å². The third kappa shape index (κ3) is 4.46. The fourth-order valence-corrected chi connectivity index (χ4v) is 7.51. The largest absolute Gasteiger partial charge is 0.309 e. The number of benzene rings is 7. The maximum Gasteiger partial charge on any atom is 0.162 e. The molecule has 7 aromatic carbocycles. The predicted molar refractivity (Wildman–Crippen MR) is 207 cm³/mol. The summed E-state index contributed by atoms with van der Waals surface area (Å²) < 4.78 is 4.73. The second-order valence-corrected chi connectivity index (χ2v) is 12.6. The van der Waals surface area contributed by atoms with Crippen molar-refractivity contribution in [3.8, 4) is 45.3 Å². The molecule has 10 rings (SSSR count). The van der Waals surface area contributed by atoms with Crippen LogP contribution in [-0.2, 0) is 0 Å². The Morgan fingerprint density at radius 2 is 0.960 bits per heavy atom. The first-order valence-corrected chi connectivity index (χ1v) is 16.9. The fraction of sp³-hybridized carbons (Fsp3) is 0. The van der Waals surface area contributed by atoms with Crippen molar-refractivity contribution < 1.29 is 0 Å². The van der Waals surface area contributed by atoms with E-state index in [0.29, 0.717) is 5.82 Å². The van der Waals surface area contributed by atoms with Gasteiger partial charge in [0.1, 0.15) is 5.82 Å². The van der Waals surface area contributed by atoms with Crippen molar-refractivity contribution in [2.75, 3.05) is 0 Å². The Labute approximate surface area is 289 Å². The highest BCUT2D eigenvalue weighted by atomic mass is 15.1. The molecule has 50 heavy (non-hydrogen) atoms.